The molecule has 0 aromatic carbocycles. The quantitative estimate of drug-likeness (QED) is 0.538. The van der Waals surface area contributed by atoms with Crippen molar-refractivity contribution in [1.82, 2.24) is 0 Å². The molecule has 11 atom stereocenters. The van der Waals surface area contributed by atoms with E-state index in [0.29, 0.717) is 28.6 Å². The molecule has 4 aliphatic carbocycles. The molecule has 0 bridgehead atoms. The van der Waals surface area contributed by atoms with Crippen LogP contribution in [0.15, 0.2) is 0 Å². The fourth-order valence-electron chi connectivity index (χ4n) is 9.22. The molecule has 3 nitrogen and oxygen atoms in total. The lowest BCUT2D eigenvalue weighted by Gasteiger charge is -2.61. The van der Waals surface area contributed by atoms with Crippen molar-refractivity contribution >= 4 is 0 Å². The van der Waals surface area contributed by atoms with E-state index in [9.17, 15) is 15.3 Å². The van der Waals surface area contributed by atoms with Gasteiger partial charge in [0.2, 0.25) is 0 Å². The summed E-state index contributed by atoms with van der Waals surface area (Å²) in [5.74, 6) is 4.57. The third kappa shape index (κ3) is 3.79. The second-order valence-corrected chi connectivity index (χ2v) is 12.6. The van der Waals surface area contributed by atoms with E-state index < -0.39 is 0 Å². The first-order valence-electron chi connectivity index (χ1n) is 13.2. The summed E-state index contributed by atoms with van der Waals surface area (Å²) in [6.07, 6.45) is 12.8. The predicted octanol–water partition coefficient (Wildman–Crippen LogP) is 5.41. The molecule has 174 valence electrons. The monoisotopic (exact) mass is 420 g/mol. The molecular weight excluding hydrogens is 372 g/mol. The molecule has 3 heteroatoms. The molecule has 4 rings (SSSR count). The van der Waals surface area contributed by atoms with Gasteiger partial charge in [0, 0.05) is 6.61 Å². The molecule has 4 saturated carbocycles. The number of aliphatic hydroxyl groups is 3. The number of hydrogen-bond donors (Lipinski definition) is 3. The minimum atomic E-state index is -0.231. The summed E-state index contributed by atoms with van der Waals surface area (Å²) in [7, 11) is 0. The van der Waals surface area contributed by atoms with Crippen LogP contribution in [0.2, 0.25) is 0 Å². The predicted molar refractivity (Wildman–Crippen MR) is 122 cm³/mol. The highest BCUT2D eigenvalue weighted by atomic mass is 16.3. The maximum Gasteiger partial charge on any atom is 0.0568 e. The van der Waals surface area contributed by atoms with Crippen molar-refractivity contribution in [3.8, 4) is 0 Å². The second-order valence-electron chi connectivity index (χ2n) is 12.6. The van der Waals surface area contributed by atoms with Crippen LogP contribution in [0.5, 0.6) is 0 Å². The zero-order chi connectivity index (χ0) is 21.7. The molecule has 0 radical (unpaired) electrons. The van der Waals surface area contributed by atoms with E-state index in [1.54, 1.807) is 0 Å². The van der Waals surface area contributed by atoms with Crippen molar-refractivity contribution < 1.29 is 15.3 Å². The zero-order valence-corrected chi connectivity index (χ0v) is 20.0. The van der Waals surface area contributed by atoms with Crippen molar-refractivity contribution in [2.24, 2.45) is 52.3 Å². The molecule has 0 heterocycles. The van der Waals surface area contributed by atoms with Crippen molar-refractivity contribution in [2.45, 2.75) is 111 Å². The van der Waals surface area contributed by atoms with Crippen molar-refractivity contribution in [2.75, 3.05) is 6.61 Å². The summed E-state index contributed by atoms with van der Waals surface area (Å²) in [4.78, 5) is 0. The first kappa shape index (κ1) is 23.1. The third-order valence-corrected chi connectivity index (χ3v) is 11.2. The number of aliphatic hydroxyl groups excluding tert-OH is 3. The molecule has 0 aromatic heterocycles. The fourth-order valence-corrected chi connectivity index (χ4v) is 9.22. The lowest BCUT2D eigenvalue weighted by Crippen LogP contribution is -2.54. The highest BCUT2D eigenvalue weighted by Gasteiger charge is 2.60. The minimum Gasteiger partial charge on any atom is -0.396 e. The van der Waals surface area contributed by atoms with E-state index in [1.807, 2.05) is 0 Å². The van der Waals surface area contributed by atoms with Gasteiger partial charge in [0.05, 0.1) is 12.2 Å². The van der Waals surface area contributed by atoms with Crippen LogP contribution in [0, 0.1) is 52.3 Å². The molecule has 0 saturated heterocycles. The van der Waals surface area contributed by atoms with Gasteiger partial charge in [-0.3, -0.25) is 0 Å². The Morgan fingerprint density at radius 3 is 2.30 bits per heavy atom. The molecule has 4 unspecified atom stereocenters. The lowest BCUT2D eigenvalue weighted by atomic mass is 9.44. The topological polar surface area (TPSA) is 60.7 Å². The Balaban J connectivity index is 1.46. The van der Waals surface area contributed by atoms with Crippen LogP contribution in [0.1, 0.15) is 98.3 Å². The third-order valence-electron chi connectivity index (χ3n) is 11.2. The smallest absolute Gasteiger partial charge is 0.0568 e. The van der Waals surface area contributed by atoms with Crippen molar-refractivity contribution in [3.05, 3.63) is 0 Å². The Bertz CT molecular complexity index is 593. The molecule has 0 aliphatic heterocycles. The van der Waals surface area contributed by atoms with Gasteiger partial charge in [-0.25, -0.2) is 0 Å². The van der Waals surface area contributed by atoms with Crippen LogP contribution < -0.4 is 0 Å². The molecule has 4 aliphatic rings. The molecular formula is C27H48O3. The summed E-state index contributed by atoms with van der Waals surface area (Å²) in [5.41, 5.74) is 0.842. The second kappa shape index (κ2) is 8.67. The maximum atomic E-state index is 11.0. The molecule has 30 heavy (non-hydrogen) atoms. The first-order chi connectivity index (χ1) is 14.2. The van der Waals surface area contributed by atoms with Gasteiger partial charge in [0.1, 0.15) is 0 Å². The molecule has 4 fully saturated rings. The largest absolute Gasteiger partial charge is 0.396 e. The summed E-state index contributed by atoms with van der Waals surface area (Å²) in [6, 6.07) is 0. The van der Waals surface area contributed by atoms with E-state index in [2.05, 4.69) is 27.7 Å². The van der Waals surface area contributed by atoms with Crippen molar-refractivity contribution in [3.63, 3.8) is 0 Å². The van der Waals surface area contributed by atoms with E-state index in [1.165, 1.54) is 44.9 Å². The SMILES string of the molecule is CC(CO)CCC(O)[C@@H](C)[C@H]1CC[C@H]2[C@@H]3CCC4CC(O)CC[C@]4(C)[C@H]3CC[C@]12C. The summed E-state index contributed by atoms with van der Waals surface area (Å²) in [6.45, 7) is 9.75. The van der Waals surface area contributed by atoms with Gasteiger partial charge in [-0.2, -0.15) is 0 Å². The van der Waals surface area contributed by atoms with E-state index >= 15 is 0 Å². The number of hydrogen-bond acceptors (Lipinski definition) is 3. The standard InChI is InChI=1S/C27H48O3/c1-17(16-28)5-10-25(30)18(2)22-8-9-23-21-7-6-19-15-20(29)11-13-26(19,3)24(21)12-14-27(22,23)4/h17-25,28-30H,5-16H2,1-4H3/t17?,18-,19?,20?,21-,22+,23-,24-,25?,26-,27+/m0/s1. The number of fused-ring (bicyclic) bond motifs is 5. The highest BCUT2D eigenvalue weighted by Crippen LogP contribution is 2.68. The fraction of sp³-hybridized carbons (Fsp3) is 1.00. The van der Waals surface area contributed by atoms with Gasteiger partial charge in [0.15, 0.2) is 0 Å². The summed E-state index contributed by atoms with van der Waals surface area (Å²) in [5, 5.41) is 30.6. The molecule has 0 spiro atoms. The zero-order valence-electron chi connectivity index (χ0n) is 20.0. The Morgan fingerprint density at radius 1 is 0.867 bits per heavy atom. The first-order valence-corrected chi connectivity index (χ1v) is 13.2. The Kier molecular flexibility index (Phi) is 6.66. The van der Waals surface area contributed by atoms with E-state index in [-0.39, 0.29) is 18.8 Å². The van der Waals surface area contributed by atoms with Gasteiger partial charge in [-0.1, -0.05) is 27.7 Å². The summed E-state index contributed by atoms with van der Waals surface area (Å²) >= 11 is 0. The van der Waals surface area contributed by atoms with Gasteiger partial charge in [-0.05, 0) is 123 Å². The molecule has 0 aromatic rings. The Morgan fingerprint density at radius 2 is 1.57 bits per heavy atom. The van der Waals surface area contributed by atoms with Crippen LogP contribution in [0.25, 0.3) is 0 Å². The van der Waals surface area contributed by atoms with Gasteiger partial charge >= 0.3 is 0 Å². The van der Waals surface area contributed by atoms with Gasteiger partial charge < -0.3 is 15.3 Å². The van der Waals surface area contributed by atoms with E-state index in [4.69, 9.17) is 0 Å². The average Bonchev–Trinajstić information content (AvgIpc) is 3.08. The van der Waals surface area contributed by atoms with Crippen LogP contribution in [0.4, 0.5) is 0 Å². The summed E-state index contributed by atoms with van der Waals surface area (Å²) < 4.78 is 0. The van der Waals surface area contributed by atoms with Crippen molar-refractivity contribution in [1.29, 1.82) is 0 Å². The van der Waals surface area contributed by atoms with Gasteiger partial charge in [-0.15, -0.1) is 0 Å². The van der Waals surface area contributed by atoms with E-state index in [0.717, 1.165) is 49.4 Å². The maximum absolute atomic E-state index is 11.0. The Labute approximate surface area is 185 Å². The normalized spacial score (nSPS) is 48.9. The van der Waals surface area contributed by atoms with Crippen LogP contribution in [-0.2, 0) is 0 Å². The van der Waals surface area contributed by atoms with Crippen LogP contribution >= 0.6 is 0 Å². The van der Waals surface area contributed by atoms with Gasteiger partial charge in [0.25, 0.3) is 0 Å². The number of rotatable bonds is 6. The molecule has 0 amide bonds. The Hall–Kier alpha value is -0.120. The van der Waals surface area contributed by atoms with Crippen LogP contribution in [-0.4, -0.2) is 34.1 Å². The highest BCUT2D eigenvalue weighted by molar-refractivity contribution is 5.10. The minimum absolute atomic E-state index is 0.0553. The average molecular weight is 421 g/mol. The van der Waals surface area contributed by atoms with Crippen LogP contribution in [0.3, 0.4) is 0 Å². The molecule has 3 N–H and O–H groups in total. The lowest BCUT2D eigenvalue weighted by molar-refractivity contribution is -0.132.